The fraction of sp³-hybridized carbons (Fsp3) is 0.385. The van der Waals surface area contributed by atoms with E-state index < -0.39 is 0 Å². The summed E-state index contributed by atoms with van der Waals surface area (Å²) in [5.74, 6) is 0. The van der Waals surface area contributed by atoms with Crippen molar-refractivity contribution < 1.29 is 0 Å². The molecule has 2 rings (SSSR count). The number of hydrogen-bond acceptors (Lipinski definition) is 2. The first kappa shape index (κ1) is 12.3. The van der Waals surface area contributed by atoms with Crippen LogP contribution in [0.2, 0.25) is 0 Å². The van der Waals surface area contributed by atoms with Crippen LogP contribution in [0.1, 0.15) is 36.8 Å². The summed E-state index contributed by atoms with van der Waals surface area (Å²) in [6.07, 6.45) is 1.13. The summed E-state index contributed by atoms with van der Waals surface area (Å²) in [5, 5.41) is 0. The van der Waals surface area contributed by atoms with Gasteiger partial charge in [0, 0.05) is 19.5 Å². The van der Waals surface area contributed by atoms with E-state index in [0.717, 1.165) is 6.42 Å². The van der Waals surface area contributed by atoms with E-state index in [9.17, 15) is 0 Å². The summed E-state index contributed by atoms with van der Waals surface area (Å²) in [5.41, 5.74) is 1.42. The maximum Gasteiger partial charge on any atom is 0.0748 e. The van der Waals surface area contributed by atoms with E-state index in [2.05, 4.69) is 54.9 Å². The molecule has 86 valence electrons. The molecule has 0 amide bonds. The molecule has 0 bridgehead atoms. The smallest absolute Gasteiger partial charge is 0.0748 e. The number of hydrogen-bond donors (Lipinski definition) is 0. The maximum absolute atomic E-state index is 3.82. The largest absolute Gasteiger partial charge is 0.146 e. The molecule has 2 heterocycles. The van der Waals surface area contributed by atoms with Crippen molar-refractivity contribution in [2.45, 2.75) is 32.0 Å². The van der Waals surface area contributed by atoms with Crippen LogP contribution in [0.5, 0.6) is 0 Å². The number of halogens is 1. The van der Waals surface area contributed by atoms with Gasteiger partial charge in [0.2, 0.25) is 0 Å². The van der Waals surface area contributed by atoms with Crippen LogP contribution in [0, 0.1) is 13.8 Å². The van der Waals surface area contributed by atoms with Gasteiger partial charge >= 0.3 is 0 Å². The van der Waals surface area contributed by atoms with Crippen molar-refractivity contribution in [1.29, 1.82) is 0 Å². The van der Waals surface area contributed by atoms with Crippen molar-refractivity contribution in [3.05, 3.63) is 43.3 Å². The third-order valence-corrected chi connectivity index (χ3v) is 6.20. The normalized spacial score (nSPS) is 13.0. The zero-order valence-electron chi connectivity index (χ0n) is 9.71. The lowest BCUT2D eigenvalue weighted by atomic mass is 10.1. The zero-order chi connectivity index (χ0) is 11.7. The number of alkyl halides is 1. The van der Waals surface area contributed by atoms with Crippen LogP contribution in [0.4, 0.5) is 0 Å². The molecule has 0 N–H and O–H groups in total. The minimum Gasteiger partial charge on any atom is -0.146 e. The molecule has 2 aromatic heterocycles. The van der Waals surface area contributed by atoms with E-state index >= 15 is 0 Å². The van der Waals surface area contributed by atoms with Crippen molar-refractivity contribution >= 4 is 38.6 Å². The Morgan fingerprint density at radius 1 is 1.25 bits per heavy atom. The van der Waals surface area contributed by atoms with Gasteiger partial charge in [0.15, 0.2) is 0 Å². The quantitative estimate of drug-likeness (QED) is 0.659. The van der Waals surface area contributed by atoms with E-state index in [1.165, 1.54) is 25.1 Å². The molecular formula is C13H15BrS2. The molecule has 0 aliphatic carbocycles. The first-order valence-electron chi connectivity index (χ1n) is 5.41. The lowest BCUT2D eigenvalue weighted by Gasteiger charge is -2.06. The van der Waals surface area contributed by atoms with Crippen molar-refractivity contribution in [2.24, 2.45) is 0 Å². The summed E-state index contributed by atoms with van der Waals surface area (Å²) < 4.78 is 0. The molecule has 0 aliphatic heterocycles. The second-order valence-electron chi connectivity index (χ2n) is 3.89. The Bertz CT molecular complexity index is 482. The molecule has 0 saturated carbocycles. The first-order valence-corrected chi connectivity index (χ1v) is 7.96. The van der Waals surface area contributed by atoms with Gasteiger partial charge in [-0.1, -0.05) is 22.9 Å². The van der Waals surface area contributed by atoms with E-state index in [1.54, 1.807) is 0 Å². The highest BCUT2D eigenvalue weighted by Gasteiger charge is 2.16. The second-order valence-corrected chi connectivity index (χ2v) is 7.46. The summed E-state index contributed by atoms with van der Waals surface area (Å²) in [4.78, 5) is 6.06. The van der Waals surface area contributed by atoms with Gasteiger partial charge in [-0.2, -0.15) is 0 Å². The SMILES string of the molecule is CCc1ccc(C(Br)c2cc(C)sc2C)s1. The minimum atomic E-state index is 0.364. The predicted molar refractivity (Wildman–Crippen MR) is 78.3 cm³/mol. The Balaban J connectivity index is 2.31. The van der Waals surface area contributed by atoms with E-state index in [0.29, 0.717) is 4.83 Å². The van der Waals surface area contributed by atoms with Crippen LogP contribution < -0.4 is 0 Å². The molecule has 16 heavy (non-hydrogen) atoms. The molecule has 3 heteroatoms. The molecule has 0 radical (unpaired) electrons. The molecule has 1 atom stereocenters. The molecule has 0 saturated heterocycles. The highest BCUT2D eigenvalue weighted by Crippen LogP contribution is 2.39. The average Bonchev–Trinajstić information content (AvgIpc) is 2.84. The van der Waals surface area contributed by atoms with Crippen molar-refractivity contribution in [1.82, 2.24) is 0 Å². The molecule has 0 aliphatic rings. The summed E-state index contributed by atoms with van der Waals surface area (Å²) in [6.45, 7) is 6.58. The van der Waals surface area contributed by atoms with Gasteiger partial charge in [0.1, 0.15) is 0 Å². The van der Waals surface area contributed by atoms with Gasteiger partial charge in [-0.3, -0.25) is 0 Å². The second kappa shape index (κ2) is 5.03. The average molecular weight is 315 g/mol. The summed E-state index contributed by atoms with van der Waals surface area (Å²) >= 11 is 7.61. The van der Waals surface area contributed by atoms with Gasteiger partial charge < -0.3 is 0 Å². The lowest BCUT2D eigenvalue weighted by molar-refractivity contribution is 1.19. The van der Waals surface area contributed by atoms with Gasteiger partial charge in [0.05, 0.1) is 4.83 Å². The van der Waals surface area contributed by atoms with Gasteiger partial charge in [-0.25, -0.2) is 0 Å². The Hall–Kier alpha value is -0.120. The van der Waals surface area contributed by atoms with Gasteiger partial charge in [-0.15, -0.1) is 22.7 Å². The lowest BCUT2D eigenvalue weighted by Crippen LogP contribution is -1.88. The monoisotopic (exact) mass is 314 g/mol. The van der Waals surface area contributed by atoms with Gasteiger partial charge in [-0.05, 0) is 44.0 Å². The first-order chi connectivity index (χ1) is 7.61. The highest BCUT2D eigenvalue weighted by molar-refractivity contribution is 9.09. The summed E-state index contributed by atoms with van der Waals surface area (Å²) in [7, 11) is 0. The van der Waals surface area contributed by atoms with Crippen LogP contribution >= 0.6 is 38.6 Å². The standard InChI is InChI=1S/C13H15BrS2/c1-4-10-5-6-12(16-10)13(14)11-7-8(2)15-9(11)3/h5-7,13H,4H2,1-3H3. The number of aryl methyl sites for hydroxylation is 3. The molecule has 0 fully saturated rings. The van der Waals surface area contributed by atoms with Crippen LogP contribution in [0.3, 0.4) is 0 Å². The molecule has 0 spiro atoms. The Labute approximate surface area is 113 Å². The Kier molecular flexibility index (Phi) is 3.88. The molecular weight excluding hydrogens is 300 g/mol. The predicted octanol–water partition coefficient (Wildman–Crippen LogP) is 5.47. The number of rotatable bonds is 3. The van der Waals surface area contributed by atoms with Crippen molar-refractivity contribution in [3.63, 3.8) is 0 Å². The molecule has 1 unspecified atom stereocenters. The third-order valence-electron chi connectivity index (χ3n) is 2.63. The third kappa shape index (κ3) is 2.41. The molecule has 0 aromatic carbocycles. The molecule has 2 aromatic rings. The van der Waals surface area contributed by atoms with Crippen molar-refractivity contribution in [3.8, 4) is 0 Å². The van der Waals surface area contributed by atoms with Crippen LogP contribution in [0.15, 0.2) is 18.2 Å². The van der Waals surface area contributed by atoms with Crippen LogP contribution in [0.25, 0.3) is 0 Å². The van der Waals surface area contributed by atoms with E-state index in [-0.39, 0.29) is 0 Å². The van der Waals surface area contributed by atoms with Crippen LogP contribution in [-0.2, 0) is 6.42 Å². The fourth-order valence-corrected chi connectivity index (χ4v) is 4.75. The number of thiophene rings is 2. The minimum absolute atomic E-state index is 0.364. The maximum atomic E-state index is 3.82. The Morgan fingerprint density at radius 3 is 2.50 bits per heavy atom. The van der Waals surface area contributed by atoms with Gasteiger partial charge in [0.25, 0.3) is 0 Å². The van der Waals surface area contributed by atoms with E-state index in [4.69, 9.17) is 0 Å². The Morgan fingerprint density at radius 2 is 2.00 bits per heavy atom. The molecule has 0 nitrogen and oxygen atoms in total. The van der Waals surface area contributed by atoms with Crippen LogP contribution in [-0.4, -0.2) is 0 Å². The fourth-order valence-electron chi connectivity index (χ4n) is 1.78. The highest BCUT2D eigenvalue weighted by atomic mass is 79.9. The summed E-state index contributed by atoms with van der Waals surface area (Å²) in [6, 6.07) is 6.78. The van der Waals surface area contributed by atoms with Crippen molar-refractivity contribution in [2.75, 3.05) is 0 Å². The van der Waals surface area contributed by atoms with E-state index in [1.807, 2.05) is 22.7 Å². The zero-order valence-corrected chi connectivity index (χ0v) is 12.9. The topological polar surface area (TPSA) is 0 Å².